The largest absolute Gasteiger partial charge is 0.416 e. The van der Waals surface area contributed by atoms with E-state index in [1.807, 2.05) is 16.7 Å². The third kappa shape index (κ3) is 4.98. The number of halogens is 3. The fraction of sp³-hybridized carbons (Fsp3) is 0.500. The van der Waals surface area contributed by atoms with Gasteiger partial charge in [0.15, 0.2) is 0 Å². The highest BCUT2D eigenvalue weighted by Gasteiger charge is 2.33. The van der Waals surface area contributed by atoms with Crippen LogP contribution in [-0.4, -0.2) is 71.0 Å². The minimum Gasteiger partial charge on any atom is -0.369 e. The van der Waals surface area contributed by atoms with Gasteiger partial charge in [0.25, 0.3) is 5.91 Å². The SMILES string of the molecule is Cc1cnc(C(=O)N2CCCC(N3CCN(c4cccc(C(F)(F)F)c4)CC3)C2)cn1. The second-order valence-corrected chi connectivity index (χ2v) is 8.16. The average molecular weight is 433 g/mol. The van der Waals surface area contributed by atoms with Crippen molar-refractivity contribution in [1.29, 1.82) is 0 Å². The fourth-order valence-electron chi connectivity index (χ4n) is 4.33. The Hall–Kier alpha value is -2.68. The molecule has 2 fully saturated rings. The van der Waals surface area contributed by atoms with Gasteiger partial charge in [-0.3, -0.25) is 14.7 Å². The minimum absolute atomic E-state index is 0.0974. The van der Waals surface area contributed by atoms with Gasteiger partial charge in [0.1, 0.15) is 5.69 Å². The van der Waals surface area contributed by atoms with E-state index in [0.29, 0.717) is 37.6 Å². The number of piperazine rings is 1. The molecule has 6 nitrogen and oxygen atoms in total. The average Bonchev–Trinajstić information content (AvgIpc) is 2.79. The molecule has 0 radical (unpaired) electrons. The van der Waals surface area contributed by atoms with Gasteiger partial charge in [-0.1, -0.05) is 6.07 Å². The summed E-state index contributed by atoms with van der Waals surface area (Å²) in [5, 5.41) is 0. The van der Waals surface area contributed by atoms with E-state index in [1.54, 1.807) is 12.3 Å². The molecule has 1 amide bonds. The van der Waals surface area contributed by atoms with Crippen molar-refractivity contribution >= 4 is 11.6 Å². The summed E-state index contributed by atoms with van der Waals surface area (Å²) >= 11 is 0. The molecule has 0 saturated carbocycles. The fourth-order valence-corrected chi connectivity index (χ4v) is 4.33. The molecule has 2 aliphatic rings. The number of aryl methyl sites for hydroxylation is 1. The van der Waals surface area contributed by atoms with Gasteiger partial charge in [0.2, 0.25) is 0 Å². The van der Waals surface area contributed by atoms with Crippen LogP contribution in [0.15, 0.2) is 36.7 Å². The van der Waals surface area contributed by atoms with Crippen molar-refractivity contribution in [2.24, 2.45) is 0 Å². The van der Waals surface area contributed by atoms with Crippen LogP contribution in [0, 0.1) is 6.92 Å². The van der Waals surface area contributed by atoms with E-state index in [-0.39, 0.29) is 11.9 Å². The molecule has 9 heteroatoms. The van der Waals surface area contributed by atoms with E-state index in [2.05, 4.69) is 14.9 Å². The zero-order valence-corrected chi connectivity index (χ0v) is 17.5. The van der Waals surface area contributed by atoms with Crippen LogP contribution >= 0.6 is 0 Å². The first-order valence-corrected chi connectivity index (χ1v) is 10.6. The second kappa shape index (κ2) is 8.82. The Bertz CT molecular complexity index is 910. The monoisotopic (exact) mass is 433 g/mol. The van der Waals surface area contributed by atoms with Gasteiger partial charge in [0.05, 0.1) is 17.5 Å². The molecule has 2 saturated heterocycles. The number of piperidine rings is 1. The number of amides is 1. The summed E-state index contributed by atoms with van der Waals surface area (Å²) in [4.78, 5) is 27.4. The van der Waals surface area contributed by atoms with E-state index in [0.717, 1.165) is 37.7 Å². The number of rotatable bonds is 3. The Kier molecular flexibility index (Phi) is 6.13. The highest BCUT2D eigenvalue weighted by molar-refractivity contribution is 5.92. The van der Waals surface area contributed by atoms with Crippen molar-refractivity contribution in [3.8, 4) is 0 Å². The van der Waals surface area contributed by atoms with Gasteiger partial charge in [0, 0.05) is 57.2 Å². The lowest BCUT2D eigenvalue weighted by Crippen LogP contribution is -2.56. The molecule has 0 aliphatic carbocycles. The first kappa shape index (κ1) is 21.5. The van der Waals surface area contributed by atoms with Crippen LogP contribution in [0.25, 0.3) is 0 Å². The van der Waals surface area contributed by atoms with Gasteiger partial charge in [-0.15, -0.1) is 0 Å². The molecule has 1 unspecified atom stereocenters. The first-order valence-electron chi connectivity index (χ1n) is 10.6. The van der Waals surface area contributed by atoms with Crippen molar-refractivity contribution in [3.63, 3.8) is 0 Å². The maximum absolute atomic E-state index is 13.0. The van der Waals surface area contributed by atoms with Crippen LogP contribution in [0.5, 0.6) is 0 Å². The van der Waals surface area contributed by atoms with Crippen molar-refractivity contribution in [3.05, 3.63) is 53.6 Å². The maximum Gasteiger partial charge on any atom is 0.416 e. The van der Waals surface area contributed by atoms with E-state index in [1.165, 1.54) is 18.3 Å². The number of carbonyl (C=O) groups excluding carboxylic acids is 1. The molecular formula is C22H26F3N5O. The predicted octanol–water partition coefficient (Wildman–Crippen LogP) is 3.23. The second-order valence-electron chi connectivity index (χ2n) is 8.16. The molecule has 31 heavy (non-hydrogen) atoms. The van der Waals surface area contributed by atoms with Crippen LogP contribution in [0.2, 0.25) is 0 Å². The van der Waals surface area contributed by atoms with Gasteiger partial charge in [-0.05, 0) is 38.0 Å². The summed E-state index contributed by atoms with van der Waals surface area (Å²) in [7, 11) is 0. The standard InChI is InChI=1S/C22H26F3N5O/c1-16-13-27-20(14-26-16)21(31)30-7-3-6-19(15-30)29-10-8-28(9-11-29)18-5-2-4-17(12-18)22(23,24)25/h2,4-5,12-14,19H,3,6-11,15H2,1H3. The minimum atomic E-state index is -4.34. The number of carbonyl (C=O) groups is 1. The maximum atomic E-state index is 13.0. The number of alkyl halides is 3. The molecule has 3 heterocycles. The molecule has 1 atom stereocenters. The number of aromatic nitrogens is 2. The molecule has 2 aromatic rings. The van der Waals surface area contributed by atoms with Crippen molar-refractivity contribution in [2.45, 2.75) is 32.0 Å². The molecule has 0 bridgehead atoms. The van der Waals surface area contributed by atoms with Crippen LogP contribution in [-0.2, 0) is 6.18 Å². The lowest BCUT2D eigenvalue weighted by atomic mass is 10.0. The molecule has 4 rings (SSSR count). The smallest absolute Gasteiger partial charge is 0.369 e. The van der Waals surface area contributed by atoms with Crippen LogP contribution < -0.4 is 4.90 Å². The third-order valence-corrected chi connectivity index (χ3v) is 6.05. The van der Waals surface area contributed by atoms with E-state index >= 15 is 0 Å². The molecule has 0 N–H and O–H groups in total. The number of likely N-dealkylation sites (tertiary alicyclic amines) is 1. The van der Waals surface area contributed by atoms with Crippen LogP contribution in [0.1, 0.15) is 34.6 Å². The summed E-state index contributed by atoms with van der Waals surface area (Å²) in [5.41, 5.74) is 1.12. The quantitative estimate of drug-likeness (QED) is 0.744. The highest BCUT2D eigenvalue weighted by Crippen LogP contribution is 2.32. The number of anilines is 1. The third-order valence-electron chi connectivity index (χ3n) is 6.05. The zero-order chi connectivity index (χ0) is 22.0. The lowest BCUT2D eigenvalue weighted by Gasteiger charge is -2.44. The van der Waals surface area contributed by atoms with E-state index in [4.69, 9.17) is 0 Å². The first-order chi connectivity index (χ1) is 14.8. The Balaban J connectivity index is 1.35. The van der Waals surface area contributed by atoms with E-state index < -0.39 is 11.7 Å². The van der Waals surface area contributed by atoms with Crippen molar-refractivity contribution in [1.82, 2.24) is 19.8 Å². The summed E-state index contributed by atoms with van der Waals surface area (Å²) in [6, 6.07) is 5.77. The van der Waals surface area contributed by atoms with Gasteiger partial charge >= 0.3 is 6.18 Å². The molecule has 2 aliphatic heterocycles. The lowest BCUT2D eigenvalue weighted by molar-refractivity contribution is -0.137. The topological polar surface area (TPSA) is 52.6 Å². The summed E-state index contributed by atoms with van der Waals surface area (Å²) in [6.07, 6.45) is 0.713. The van der Waals surface area contributed by atoms with Crippen molar-refractivity contribution in [2.75, 3.05) is 44.2 Å². The Labute approximate surface area is 179 Å². The molecule has 1 aromatic heterocycles. The van der Waals surface area contributed by atoms with E-state index in [9.17, 15) is 18.0 Å². The number of nitrogens with zero attached hydrogens (tertiary/aromatic N) is 5. The van der Waals surface area contributed by atoms with Gasteiger partial charge in [-0.2, -0.15) is 13.2 Å². The van der Waals surface area contributed by atoms with Crippen molar-refractivity contribution < 1.29 is 18.0 Å². The zero-order valence-electron chi connectivity index (χ0n) is 17.5. The summed E-state index contributed by atoms with van der Waals surface area (Å²) in [6.45, 7) is 6.01. The molecule has 1 aromatic carbocycles. The normalized spacial score (nSPS) is 20.7. The number of benzene rings is 1. The molecular weight excluding hydrogens is 407 g/mol. The highest BCUT2D eigenvalue weighted by atomic mass is 19.4. The number of hydrogen-bond acceptors (Lipinski definition) is 5. The Morgan fingerprint density at radius 3 is 2.52 bits per heavy atom. The predicted molar refractivity (Wildman–Crippen MR) is 111 cm³/mol. The van der Waals surface area contributed by atoms with Gasteiger partial charge < -0.3 is 9.80 Å². The Morgan fingerprint density at radius 2 is 1.84 bits per heavy atom. The van der Waals surface area contributed by atoms with Crippen LogP contribution in [0.3, 0.4) is 0 Å². The van der Waals surface area contributed by atoms with Crippen LogP contribution in [0.4, 0.5) is 18.9 Å². The summed E-state index contributed by atoms with van der Waals surface area (Å²) < 4.78 is 39.1. The Morgan fingerprint density at radius 1 is 1.06 bits per heavy atom. The summed E-state index contributed by atoms with van der Waals surface area (Å²) in [5.74, 6) is -0.0974. The molecule has 166 valence electrons. The van der Waals surface area contributed by atoms with Gasteiger partial charge in [-0.25, -0.2) is 4.98 Å². The molecule has 0 spiro atoms. The number of hydrogen-bond donors (Lipinski definition) is 0.